The van der Waals surface area contributed by atoms with E-state index in [4.69, 9.17) is 22.3 Å². The molecule has 5 aromatic carbocycles. The van der Waals surface area contributed by atoms with Crippen molar-refractivity contribution in [2.24, 2.45) is 0 Å². The molecular formula is C20H14N4. The smallest absolute Gasteiger partial charge is 0.0639 e. The number of nitrogen functional groups attached to an aromatic ring is 2. The van der Waals surface area contributed by atoms with E-state index in [0.29, 0.717) is 22.1 Å². The molecule has 5 rings (SSSR count). The lowest BCUT2D eigenvalue weighted by Crippen LogP contribution is -2.06. The monoisotopic (exact) mass is 310 g/mol. The number of benzene rings is 5. The Morgan fingerprint density at radius 3 is 1.17 bits per heavy atom. The lowest BCUT2D eigenvalue weighted by atomic mass is 9.88. The van der Waals surface area contributed by atoms with Crippen LogP contribution in [0.15, 0.2) is 48.5 Å². The van der Waals surface area contributed by atoms with Crippen molar-refractivity contribution in [1.29, 1.82) is 10.8 Å². The predicted octanol–water partition coefficient (Wildman–Crippen LogP) is 3.30. The summed E-state index contributed by atoms with van der Waals surface area (Å²) in [4.78, 5) is 0. The van der Waals surface area contributed by atoms with Crippen molar-refractivity contribution in [3.05, 3.63) is 59.2 Å². The Kier molecular flexibility index (Phi) is 2.24. The summed E-state index contributed by atoms with van der Waals surface area (Å²) in [6, 6.07) is 15.2. The van der Waals surface area contributed by atoms with Gasteiger partial charge in [0, 0.05) is 32.9 Å². The summed E-state index contributed by atoms with van der Waals surface area (Å²) in [7, 11) is 0. The summed E-state index contributed by atoms with van der Waals surface area (Å²) in [5.41, 5.74) is 13.6. The summed E-state index contributed by atoms with van der Waals surface area (Å²) in [5.74, 6) is 0. The van der Waals surface area contributed by atoms with Crippen molar-refractivity contribution in [2.45, 2.75) is 0 Å². The lowest BCUT2D eigenvalue weighted by Gasteiger charge is -2.16. The van der Waals surface area contributed by atoms with E-state index >= 15 is 0 Å². The Balaban J connectivity index is 2.31. The maximum Gasteiger partial charge on any atom is 0.0639 e. The van der Waals surface area contributed by atoms with Gasteiger partial charge in [-0.15, -0.1) is 0 Å². The van der Waals surface area contributed by atoms with Crippen molar-refractivity contribution in [2.75, 3.05) is 11.5 Å². The van der Waals surface area contributed by atoms with Gasteiger partial charge in [-0.1, -0.05) is 24.3 Å². The molecule has 4 nitrogen and oxygen atoms in total. The highest BCUT2D eigenvalue weighted by Crippen LogP contribution is 2.40. The van der Waals surface area contributed by atoms with Gasteiger partial charge >= 0.3 is 0 Å². The fourth-order valence-electron chi connectivity index (χ4n) is 3.94. The minimum atomic E-state index is 0.431. The fourth-order valence-corrected chi connectivity index (χ4v) is 3.94. The van der Waals surface area contributed by atoms with E-state index in [1.165, 1.54) is 0 Å². The van der Waals surface area contributed by atoms with Gasteiger partial charge in [0.25, 0.3) is 0 Å². The minimum absolute atomic E-state index is 0.431. The van der Waals surface area contributed by atoms with Gasteiger partial charge in [0.2, 0.25) is 0 Å². The van der Waals surface area contributed by atoms with E-state index in [1.54, 1.807) is 12.1 Å². The number of nitrogens with one attached hydrogen (secondary N) is 2. The second-order valence-corrected chi connectivity index (χ2v) is 6.23. The molecule has 0 aromatic heterocycles. The molecule has 0 bridgehead atoms. The third kappa shape index (κ3) is 1.38. The van der Waals surface area contributed by atoms with Crippen LogP contribution in [0.1, 0.15) is 0 Å². The van der Waals surface area contributed by atoms with Crippen LogP contribution in [-0.2, 0) is 0 Å². The molecule has 24 heavy (non-hydrogen) atoms. The van der Waals surface area contributed by atoms with Gasteiger partial charge in [-0.3, -0.25) is 0 Å². The van der Waals surface area contributed by atoms with Gasteiger partial charge in [0.05, 0.1) is 10.7 Å². The molecule has 114 valence electrons. The molecule has 0 amide bonds. The topological polar surface area (TPSA) is 99.7 Å². The molecule has 4 heteroatoms. The van der Waals surface area contributed by atoms with Gasteiger partial charge in [-0.2, -0.15) is 0 Å². The van der Waals surface area contributed by atoms with Crippen LogP contribution < -0.4 is 22.2 Å². The van der Waals surface area contributed by atoms with Crippen LogP contribution in [0.5, 0.6) is 0 Å². The van der Waals surface area contributed by atoms with E-state index in [9.17, 15) is 0 Å². The fraction of sp³-hybridized carbons (Fsp3) is 0. The summed E-state index contributed by atoms with van der Waals surface area (Å²) < 4.78 is 0. The predicted molar refractivity (Wildman–Crippen MR) is 99.4 cm³/mol. The average Bonchev–Trinajstić information content (AvgIpc) is 2.57. The SMILES string of the molecule is N=c1ccc2c3ccc(N)c4c(=N)ccc(c5ccc(N)c1c52)c43. The van der Waals surface area contributed by atoms with E-state index in [2.05, 4.69) is 0 Å². The molecule has 0 fully saturated rings. The van der Waals surface area contributed by atoms with Crippen LogP contribution >= 0.6 is 0 Å². The molecule has 0 heterocycles. The molecule has 0 saturated carbocycles. The van der Waals surface area contributed by atoms with Crippen LogP contribution in [0.2, 0.25) is 0 Å². The molecule has 5 aromatic rings. The maximum absolute atomic E-state index is 8.27. The minimum Gasteiger partial charge on any atom is -0.398 e. The molecule has 0 radical (unpaired) electrons. The van der Waals surface area contributed by atoms with Crippen LogP contribution in [-0.4, -0.2) is 0 Å². The highest BCUT2D eigenvalue weighted by Gasteiger charge is 2.16. The first-order valence-electron chi connectivity index (χ1n) is 7.72. The number of nitrogens with two attached hydrogens (primary N) is 2. The molecule has 0 spiro atoms. The highest BCUT2D eigenvalue weighted by atomic mass is 14.6. The summed E-state index contributed by atoms with van der Waals surface area (Å²) in [6.45, 7) is 0. The van der Waals surface area contributed by atoms with Crippen molar-refractivity contribution < 1.29 is 0 Å². The first-order chi connectivity index (χ1) is 11.6. The Morgan fingerprint density at radius 2 is 0.792 bits per heavy atom. The number of rotatable bonds is 0. The maximum atomic E-state index is 8.27. The van der Waals surface area contributed by atoms with Gasteiger partial charge in [0.1, 0.15) is 0 Å². The standard InChI is InChI=1S/C20H14N4/c21-13-5-1-9-10-2-6-15(23)20-16(24)8-4-12(18(10)20)11-3-7-14(22)19(13)17(9)11/h1-8,21,24H,22-23H2. The van der Waals surface area contributed by atoms with Crippen molar-refractivity contribution in [3.63, 3.8) is 0 Å². The summed E-state index contributed by atoms with van der Waals surface area (Å²) in [5, 5.41) is 25.2. The molecule has 0 aliphatic rings. The average molecular weight is 310 g/mol. The zero-order valence-electron chi connectivity index (χ0n) is 12.8. The van der Waals surface area contributed by atoms with E-state index in [1.807, 2.05) is 36.4 Å². The zero-order chi connectivity index (χ0) is 16.6. The van der Waals surface area contributed by atoms with Crippen molar-refractivity contribution >= 4 is 54.5 Å². The van der Waals surface area contributed by atoms with Crippen LogP contribution in [0.3, 0.4) is 0 Å². The largest absolute Gasteiger partial charge is 0.398 e. The number of hydrogen-bond donors (Lipinski definition) is 4. The third-order valence-corrected chi connectivity index (χ3v) is 4.97. The van der Waals surface area contributed by atoms with Crippen LogP contribution in [0.25, 0.3) is 43.1 Å². The quantitative estimate of drug-likeness (QED) is 0.200. The van der Waals surface area contributed by atoms with E-state index < -0.39 is 0 Å². The number of hydrogen-bond acceptors (Lipinski definition) is 4. The molecule has 0 unspecified atom stereocenters. The van der Waals surface area contributed by atoms with Crippen LogP contribution in [0, 0.1) is 10.8 Å². The highest BCUT2D eigenvalue weighted by molar-refractivity contribution is 6.34. The molecule has 0 saturated heterocycles. The van der Waals surface area contributed by atoms with Gasteiger partial charge in [0.15, 0.2) is 0 Å². The van der Waals surface area contributed by atoms with Crippen molar-refractivity contribution in [3.8, 4) is 0 Å². The summed E-state index contributed by atoms with van der Waals surface area (Å²) in [6.07, 6.45) is 0. The second kappa shape index (κ2) is 4.11. The Labute approximate surface area is 136 Å². The van der Waals surface area contributed by atoms with Crippen LogP contribution in [0.4, 0.5) is 11.4 Å². The number of anilines is 2. The van der Waals surface area contributed by atoms with Crippen molar-refractivity contribution in [1.82, 2.24) is 0 Å². The first-order valence-corrected chi connectivity index (χ1v) is 7.72. The molecular weight excluding hydrogens is 296 g/mol. The van der Waals surface area contributed by atoms with Gasteiger partial charge in [-0.25, -0.2) is 0 Å². The molecule has 0 atom stereocenters. The lowest BCUT2D eigenvalue weighted by molar-refractivity contribution is 1.31. The zero-order valence-corrected chi connectivity index (χ0v) is 12.8. The molecule has 0 aliphatic heterocycles. The second-order valence-electron chi connectivity index (χ2n) is 6.23. The van der Waals surface area contributed by atoms with E-state index in [0.717, 1.165) is 43.1 Å². The Hall–Kier alpha value is -3.40. The Morgan fingerprint density at radius 1 is 0.458 bits per heavy atom. The molecule has 6 N–H and O–H groups in total. The number of fused-ring (bicyclic) bond motifs is 2. The Bertz CT molecular complexity index is 1270. The molecule has 0 aliphatic carbocycles. The first kappa shape index (κ1) is 13.1. The van der Waals surface area contributed by atoms with Gasteiger partial charge < -0.3 is 22.3 Å². The van der Waals surface area contributed by atoms with E-state index in [-0.39, 0.29) is 0 Å². The summed E-state index contributed by atoms with van der Waals surface area (Å²) >= 11 is 0. The van der Waals surface area contributed by atoms with Gasteiger partial charge in [-0.05, 0) is 45.8 Å². The third-order valence-electron chi connectivity index (χ3n) is 4.97. The normalized spacial score (nSPS) is 12.0.